The Labute approximate surface area is 307 Å². The van der Waals surface area contributed by atoms with E-state index in [1.54, 1.807) is 42.2 Å². The number of aromatic nitrogens is 6. The minimum Gasteiger partial charge on any atom is -0.491 e. The van der Waals surface area contributed by atoms with E-state index >= 15 is 0 Å². The monoisotopic (exact) mass is 748 g/mol. The summed E-state index contributed by atoms with van der Waals surface area (Å²) in [4.78, 5) is 17.5. The second-order valence-corrected chi connectivity index (χ2v) is 15.4. The fourth-order valence-corrected chi connectivity index (χ4v) is 8.22. The molecule has 0 amide bonds. The van der Waals surface area contributed by atoms with Crippen molar-refractivity contribution in [1.29, 1.82) is 0 Å². The van der Waals surface area contributed by atoms with E-state index in [-0.39, 0.29) is 30.1 Å². The number of halogens is 1. The van der Waals surface area contributed by atoms with Gasteiger partial charge in [0.1, 0.15) is 36.9 Å². The van der Waals surface area contributed by atoms with E-state index in [4.69, 9.17) is 25.8 Å². The largest absolute Gasteiger partial charge is 0.491 e. The molecule has 14 nitrogen and oxygen atoms in total. The van der Waals surface area contributed by atoms with Crippen LogP contribution in [0.15, 0.2) is 95.4 Å². The molecule has 2 aromatic heterocycles. The number of hydrogen-bond acceptors (Lipinski definition) is 11. The van der Waals surface area contributed by atoms with E-state index in [0.717, 1.165) is 49.7 Å². The number of nitrogens with zero attached hydrogens (tertiary/aromatic N) is 8. The molecule has 0 aliphatic carbocycles. The van der Waals surface area contributed by atoms with Crippen LogP contribution in [0.3, 0.4) is 0 Å². The highest BCUT2D eigenvalue weighted by Gasteiger charge is 2.48. The van der Waals surface area contributed by atoms with Crippen LogP contribution in [0.2, 0.25) is 5.02 Å². The van der Waals surface area contributed by atoms with Gasteiger partial charge in [-0.3, -0.25) is 0 Å². The summed E-state index contributed by atoms with van der Waals surface area (Å²) in [5, 5.41) is 12.1. The standard InChI is InChI=1S/C36H41ClN8O6S/c1-4-26(2)45-35(46)44(25-39-45)31-11-9-29(10-12-31)42-17-19-43(20-18-42)30-13-15-32(16-14-30)49-21-33-22-50-36(51-33,27-5-7-28(37)8-6-27)23-52(47,48)34-40-38-24-41(34)3/h5-16,24-26,33H,4,17-23H2,1-3H3. The van der Waals surface area contributed by atoms with Crippen LogP contribution < -0.4 is 20.2 Å². The van der Waals surface area contributed by atoms with Crippen molar-refractivity contribution >= 4 is 32.8 Å². The first-order chi connectivity index (χ1) is 25.0. The Hall–Kier alpha value is -4.70. The molecule has 3 aromatic carbocycles. The third kappa shape index (κ3) is 7.31. The van der Waals surface area contributed by atoms with E-state index in [0.29, 0.717) is 16.3 Å². The molecule has 52 heavy (non-hydrogen) atoms. The van der Waals surface area contributed by atoms with E-state index < -0.39 is 27.5 Å². The number of aryl methyl sites for hydroxylation is 1. The molecule has 7 rings (SSSR count). The molecule has 0 radical (unpaired) electrons. The average Bonchev–Trinajstić information content (AvgIpc) is 3.90. The highest BCUT2D eigenvalue weighted by Crippen LogP contribution is 2.38. The summed E-state index contributed by atoms with van der Waals surface area (Å²) >= 11 is 6.12. The quantitative estimate of drug-likeness (QED) is 0.181. The number of hydrogen-bond donors (Lipinski definition) is 0. The fraction of sp³-hybridized carbons (Fsp3) is 0.389. The van der Waals surface area contributed by atoms with Crippen molar-refractivity contribution < 1.29 is 22.6 Å². The van der Waals surface area contributed by atoms with E-state index in [2.05, 4.69) is 37.2 Å². The predicted molar refractivity (Wildman–Crippen MR) is 196 cm³/mol. The third-order valence-electron chi connectivity index (χ3n) is 9.58. The summed E-state index contributed by atoms with van der Waals surface area (Å²) in [6, 6.07) is 22.7. The van der Waals surface area contributed by atoms with Crippen LogP contribution in [-0.4, -0.2) is 88.8 Å². The number of piperazine rings is 1. The van der Waals surface area contributed by atoms with Gasteiger partial charge < -0.3 is 28.6 Å². The summed E-state index contributed by atoms with van der Waals surface area (Å²) in [5.74, 6) is -1.41. The van der Waals surface area contributed by atoms with Crippen LogP contribution in [0.1, 0.15) is 31.9 Å². The van der Waals surface area contributed by atoms with E-state index in [9.17, 15) is 13.2 Å². The SMILES string of the molecule is CCC(C)n1ncn(-c2ccc(N3CCN(c4ccc(OCC5COC(CS(=O)(=O)c6nncn6C)(c6ccc(Cl)cc6)O5)cc4)CC3)cc2)c1=O. The molecule has 3 atom stereocenters. The third-order valence-corrected chi connectivity index (χ3v) is 11.5. The van der Waals surface area contributed by atoms with Crippen molar-refractivity contribution in [3.8, 4) is 11.4 Å². The fourth-order valence-electron chi connectivity index (χ4n) is 6.49. The number of anilines is 2. The molecule has 4 heterocycles. The first-order valence-electron chi connectivity index (χ1n) is 17.2. The molecule has 5 aromatic rings. The molecular formula is C36H41ClN8O6S. The van der Waals surface area contributed by atoms with Gasteiger partial charge in [0.15, 0.2) is 0 Å². The molecule has 3 unspecified atom stereocenters. The molecular weight excluding hydrogens is 708 g/mol. The Balaban J connectivity index is 0.937. The zero-order valence-electron chi connectivity index (χ0n) is 29.2. The molecule has 2 saturated heterocycles. The van der Waals surface area contributed by atoms with Crippen LogP contribution in [0, 0.1) is 0 Å². The van der Waals surface area contributed by atoms with Gasteiger partial charge in [0.2, 0.25) is 20.8 Å². The van der Waals surface area contributed by atoms with Crippen LogP contribution in [0.25, 0.3) is 5.69 Å². The number of sulfone groups is 1. The molecule has 0 N–H and O–H groups in total. The summed E-state index contributed by atoms with van der Waals surface area (Å²) < 4.78 is 49.8. The number of ether oxygens (including phenoxy) is 3. The highest BCUT2D eigenvalue weighted by atomic mass is 35.5. The predicted octanol–water partition coefficient (Wildman–Crippen LogP) is 4.23. The van der Waals surface area contributed by atoms with Gasteiger partial charge in [0, 0.05) is 55.2 Å². The van der Waals surface area contributed by atoms with Gasteiger partial charge in [-0.05, 0) is 74.0 Å². The van der Waals surface area contributed by atoms with Gasteiger partial charge in [0.05, 0.1) is 18.3 Å². The van der Waals surface area contributed by atoms with Crippen molar-refractivity contribution in [2.75, 3.05) is 54.9 Å². The molecule has 2 aliphatic heterocycles. The second-order valence-electron chi connectivity index (χ2n) is 13.1. The maximum Gasteiger partial charge on any atom is 0.350 e. The lowest BCUT2D eigenvalue weighted by molar-refractivity contribution is -0.161. The molecule has 0 saturated carbocycles. The van der Waals surface area contributed by atoms with Crippen molar-refractivity contribution in [1.82, 2.24) is 29.1 Å². The maximum atomic E-state index is 13.4. The average molecular weight is 749 g/mol. The topological polar surface area (TPSA) is 139 Å². The van der Waals surface area contributed by atoms with Gasteiger partial charge in [0.25, 0.3) is 0 Å². The Morgan fingerprint density at radius 3 is 2.13 bits per heavy atom. The van der Waals surface area contributed by atoms with Gasteiger partial charge in [-0.1, -0.05) is 30.7 Å². The van der Waals surface area contributed by atoms with Gasteiger partial charge in [-0.15, -0.1) is 10.2 Å². The Bertz CT molecular complexity index is 2150. The molecule has 274 valence electrons. The van der Waals surface area contributed by atoms with Gasteiger partial charge in [-0.25, -0.2) is 22.5 Å². The summed E-state index contributed by atoms with van der Waals surface area (Å²) in [6.45, 7) is 7.71. The lowest BCUT2D eigenvalue weighted by atomic mass is 10.1. The van der Waals surface area contributed by atoms with E-state index in [1.807, 2.05) is 50.2 Å². The minimum absolute atomic E-state index is 0.0501. The first-order valence-corrected chi connectivity index (χ1v) is 19.2. The smallest absolute Gasteiger partial charge is 0.350 e. The Morgan fingerprint density at radius 2 is 1.54 bits per heavy atom. The Morgan fingerprint density at radius 1 is 0.923 bits per heavy atom. The van der Waals surface area contributed by atoms with Crippen LogP contribution >= 0.6 is 11.6 Å². The zero-order valence-corrected chi connectivity index (χ0v) is 30.8. The first kappa shape index (κ1) is 35.7. The van der Waals surface area contributed by atoms with Crippen molar-refractivity contribution in [2.24, 2.45) is 7.05 Å². The molecule has 2 aliphatic rings. The maximum absolute atomic E-state index is 13.4. The summed E-state index contributed by atoms with van der Waals surface area (Å²) in [6.07, 6.45) is 3.22. The molecule has 16 heteroatoms. The molecule has 2 fully saturated rings. The second kappa shape index (κ2) is 14.7. The van der Waals surface area contributed by atoms with E-state index in [1.165, 1.54) is 15.6 Å². The molecule has 0 bridgehead atoms. The normalized spacial score (nSPS) is 20.0. The number of rotatable bonds is 12. The minimum atomic E-state index is -3.95. The van der Waals surface area contributed by atoms with Crippen molar-refractivity contribution in [2.45, 2.75) is 43.4 Å². The van der Waals surface area contributed by atoms with Crippen LogP contribution in [0.5, 0.6) is 5.75 Å². The van der Waals surface area contributed by atoms with Crippen molar-refractivity contribution in [3.63, 3.8) is 0 Å². The van der Waals surface area contributed by atoms with Crippen LogP contribution in [0.4, 0.5) is 11.4 Å². The molecule has 0 spiro atoms. The lowest BCUT2D eigenvalue weighted by Gasteiger charge is -2.37. The highest BCUT2D eigenvalue weighted by molar-refractivity contribution is 7.91. The van der Waals surface area contributed by atoms with Gasteiger partial charge >= 0.3 is 5.69 Å². The summed E-state index contributed by atoms with van der Waals surface area (Å²) in [5.41, 5.74) is 3.39. The number of benzene rings is 3. The van der Waals surface area contributed by atoms with Crippen LogP contribution in [-0.2, 0) is 32.1 Å². The Kier molecular flexibility index (Phi) is 10.1. The van der Waals surface area contributed by atoms with Crippen molar-refractivity contribution in [3.05, 3.63) is 107 Å². The van der Waals surface area contributed by atoms with Gasteiger partial charge in [-0.2, -0.15) is 5.10 Å². The summed E-state index contributed by atoms with van der Waals surface area (Å²) in [7, 11) is -2.38. The lowest BCUT2D eigenvalue weighted by Crippen LogP contribution is -2.46. The zero-order chi connectivity index (χ0) is 36.5.